The van der Waals surface area contributed by atoms with Crippen LogP contribution < -0.4 is 0 Å². The highest BCUT2D eigenvalue weighted by molar-refractivity contribution is 6.17. The van der Waals surface area contributed by atoms with Gasteiger partial charge in [0.15, 0.2) is 0 Å². The molecule has 12 heavy (non-hydrogen) atoms. The molecule has 0 aliphatic carbocycles. The fourth-order valence-electron chi connectivity index (χ4n) is 1.61. The molecule has 2 nitrogen and oxygen atoms in total. The normalized spacial score (nSPS) is 21.5. The molecule has 0 aromatic heterocycles. The quantitative estimate of drug-likeness (QED) is 0.616. The second kappa shape index (κ2) is 5.79. The maximum absolute atomic E-state index is 5.64. The van der Waals surface area contributed by atoms with Crippen molar-refractivity contribution in [3.63, 3.8) is 0 Å². The van der Waals surface area contributed by atoms with Crippen LogP contribution in [-0.2, 0) is 0 Å². The summed E-state index contributed by atoms with van der Waals surface area (Å²) in [5.74, 6) is 0.800. The fraction of sp³-hybridized carbons (Fsp3) is 1.00. The summed E-state index contributed by atoms with van der Waals surface area (Å²) >= 11 is 5.64. The largest absolute Gasteiger partial charge is 0.301 e. The van der Waals surface area contributed by atoms with Crippen LogP contribution in [0, 0.1) is 0 Å². The van der Waals surface area contributed by atoms with Crippen LogP contribution in [0.5, 0.6) is 0 Å². The summed E-state index contributed by atoms with van der Waals surface area (Å²) in [4.78, 5) is 5.01. The van der Waals surface area contributed by atoms with Crippen molar-refractivity contribution in [3.8, 4) is 0 Å². The third kappa shape index (κ3) is 3.30. The Balaban J connectivity index is 2.09. The first-order chi connectivity index (χ1) is 5.86. The predicted octanol–water partition coefficient (Wildman–Crippen LogP) is 1.25. The van der Waals surface area contributed by atoms with Crippen LogP contribution in [0.4, 0.5) is 0 Å². The molecule has 0 N–H and O–H groups in total. The molecule has 0 spiro atoms. The summed E-state index contributed by atoms with van der Waals surface area (Å²) in [6.07, 6.45) is 1.13. The summed E-state index contributed by atoms with van der Waals surface area (Å²) < 4.78 is 0. The lowest BCUT2D eigenvalue weighted by atomic mass is 10.3. The number of halogens is 1. The van der Waals surface area contributed by atoms with Gasteiger partial charge in [-0.15, -0.1) is 11.6 Å². The number of piperazine rings is 1. The van der Waals surface area contributed by atoms with Gasteiger partial charge in [0, 0.05) is 32.1 Å². The molecule has 0 aromatic rings. The van der Waals surface area contributed by atoms with Gasteiger partial charge in [0.25, 0.3) is 0 Å². The molecular formula is C9H19ClN2. The summed E-state index contributed by atoms with van der Waals surface area (Å²) in [6.45, 7) is 9.53. The van der Waals surface area contributed by atoms with Crippen LogP contribution in [0.25, 0.3) is 0 Å². The van der Waals surface area contributed by atoms with Crippen molar-refractivity contribution in [1.29, 1.82) is 0 Å². The summed E-state index contributed by atoms with van der Waals surface area (Å²) in [5, 5.41) is 0. The Bertz CT molecular complexity index is 111. The minimum Gasteiger partial charge on any atom is -0.301 e. The van der Waals surface area contributed by atoms with Gasteiger partial charge in [-0.3, -0.25) is 0 Å². The van der Waals surface area contributed by atoms with Gasteiger partial charge in [-0.1, -0.05) is 6.92 Å². The average Bonchev–Trinajstić information content (AvgIpc) is 2.15. The number of hydrogen-bond acceptors (Lipinski definition) is 2. The van der Waals surface area contributed by atoms with Gasteiger partial charge in [-0.05, 0) is 19.5 Å². The maximum atomic E-state index is 5.64. The smallest absolute Gasteiger partial charge is 0.0235 e. The van der Waals surface area contributed by atoms with Crippen LogP contribution in [0.15, 0.2) is 0 Å². The monoisotopic (exact) mass is 190 g/mol. The van der Waals surface area contributed by atoms with E-state index in [1.807, 2.05) is 0 Å². The van der Waals surface area contributed by atoms with Gasteiger partial charge in [-0.25, -0.2) is 0 Å². The Kier molecular flexibility index (Phi) is 4.96. The molecule has 1 saturated heterocycles. The van der Waals surface area contributed by atoms with Gasteiger partial charge in [0.05, 0.1) is 0 Å². The molecule has 1 heterocycles. The predicted molar refractivity (Wildman–Crippen MR) is 53.9 cm³/mol. The SMILES string of the molecule is CCN1CCN(CCCCl)CC1. The van der Waals surface area contributed by atoms with E-state index < -0.39 is 0 Å². The summed E-state index contributed by atoms with van der Waals surface area (Å²) in [6, 6.07) is 0. The van der Waals surface area contributed by atoms with Crippen LogP contribution >= 0.6 is 11.6 Å². The zero-order chi connectivity index (χ0) is 8.81. The number of rotatable bonds is 4. The lowest BCUT2D eigenvalue weighted by Crippen LogP contribution is -2.46. The van der Waals surface area contributed by atoms with Crippen LogP contribution in [0.1, 0.15) is 13.3 Å². The molecule has 1 rings (SSSR count). The third-order valence-electron chi connectivity index (χ3n) is 2.52. The first-order valence-corrected chi connectivity index (χ1v) is 5.41. The topological polar surface area (TPSA) is 6.48 Å². The first-order valence-electron chi connectivity index (χ1n) is 4.87. The van der Waals surface area contributed by atoms with E-state index in [1.54, 1.807) is 0 Å². The molecule has 0 atom stereocenters. The van der Waals surface area contributed by atoms with Crippen LogP contribution in [0.3, 0.4) is 0 Å². The minimum absolute atomic E-state index is 0.800. The molecule has 0 radical (unpaired) electrons. The first kappa shape index (κ1) is 10.3. The van der Waals surface area contributed by atoms with E-state index >= 15 is 0 Å². The summed E-state index contributed by atoms with van der Waals surface area (Å²) in [7, 11) is 0. The molecule has 1 aliphatic heterocycles. The molecule has 0 amide bonds. The summed E-state index contributed by atoms with van der Waals surface area (Å²) in [5.41, 5.74) is 0. The van der Waals surface area contributed by atoms with Gasteiger partial charge in [0.2, 0.25) is 0 Å². The molecule has 0 unspecified atom stereocenters. The molecular weight excluding hydrogens is 172 g/mol. The van der Waals surface area contributed by atoms with Crippen molar-refractivity contribution in [1.82, 2.24) is 9.80 Å². The molecule has 0 bridgehead atoms. The van der Waals surface area contributed by atoms with Crippen molar-refractivity contribution < 1.29 is 0 Å². The molecule has 0 saturated carbocycles. The highest BCUT2D eigenvalue weighted by Crippen LogP contribution is 2.01. The Hall–Kier alpha value is 0.210. The molecule has 1 aliphatic rings. The van der Waals surface area contributed by atoms with E-state index in [1.165, 1.54) is 39.3 Å². The van der Waals surface area contributed by atoms with Crippen LogP contribution in [-0.4, -0.2) is 54.9 Å². The van der Waals surface area contributed by atoms with Crippen molar-refractivity contribution in [3.05, 3.63) is 0 Å². The molecule has 0 aromatic carbocycles. The number of alkyl halides is 1. The van der Waals surface area contributed by atoms with Gasteiger partial charge in [-0.2, -0.15) is 0 Å². The van der Waals surface area contributed by atoms with Gasteiger partial charge < -0.3 is 9.80 Å². The minimum atomic E-state index is 0.800. The second-order valence-corrected chi connectivity index (χ2v) is 3.70. The Morgan fingerprint density at radius 3 is 2.17 bits per heavy atom. The lowest BCUT2D eigenvalue weighted by Gasteiger charge is -2.33. The molecule has 3 heteroatoms. The Morgan fingerprint density at radius 1 is 1.08 bits per heavy atom. The van der Waals surface area contributed by atoms with Crippen molar-refractivity contribution in [2.24, 2.45) is 0 Å². The Labute approximate surface area is 80.5 Å². The van der Waals surface area contributed by atoms with E-state index in [9.17, 15) is 0 Å². The fourth-order valence-corrected chi connectivity index (χ4v) is 1.73. The van der Waals surface area contributed by atoms with Crippen LogP contribution in [0.2, 0.25) is 0 Å². The number of likely N-dealkylation sites (N-methyl/N-ethyl adjacent to an activating group) is 1. The van der Waals surface area contributed by atoms with E-state index in [0.717, 1.165) is 12.3 Å². The lowest BCUT2D eigenvalue weighted by molar-refractivity contribution is 0.138. The van der Waals surface area contributed by atoms with Crippen molar-refractivity contribution in [2.45, 2.75) is 13.3 Å². The Morgan fingerprint density at radius 2 is 1.67 bits per heavy atom. The number of nitrogens with zero attached hydrogens (tertiary/aromatic N) is 2. The highest BCUT2D eigenvalue weighted by atomic mass is 35.5. The van der Waals surface area contributed by atoms with E-state index in [2.05, 4.69) is 16.7 Å². The zero-order valence-electron chi connectivity index (χ0n) is 7.93. The van der Waals surface area contributed by atoms with E-state index in [-0.39, 0.29) is 0 Å². The van der Waals surface area contributed by atoms with E-state index in [0.29, 0.717) is 0 Å². The van der Waals surface area contributed by atoms with Gasteiger partial charge >= 0.3 is 0 Å². The van der Waals surface area contributed by atoms with Crippen molar-refractivity contribution >= 4 is 11.6 Å². The maximum Gasteiger partial charge on any atom is 0.0235 e. The molecule has 72 valence electrons. The zero-order valence-corrected chi connectivity index (χ0v) is 8.69. The van der Waals surface area contributed by atoms with Crippen molar-refractivity contribution in [2.75, 3.05) is 45.1 Å². The standard InChI is InChI=1S/C9H19ClN2/c1-2-11-6-8-12(9-7-11)5-3-4-10/h2-9H2,1H3. The second-order valence-electron chi connectivity index (χ2n) is 3.32. The third-order valence-corrected chi connectivity index (χ3v) is 2.79. The van der Waals surface area contributed by atoms with Gasteiger partial charge in [0.1, 0.15) is 0 Å². The van der Waals surface area contributed by atoms with E-state index in [4.69, 9.17) is 11.6 Å². The number of hydrogen-bond donors (Lipinski definition) is 0. The molecule has 1 fully saturated rings. The highest BCUT2D eigenvalue weighted by Gasteiger charge is 2.13. The average molecular weight is 191 g/mol.